The Balaban J connectivity index is 4.87. The number of hydrogen-bond acceptors (Lipinski definition) is 10. The van der Waals surface area contributed by atoms with Crippen molar-refractivity contribution in [1.29, 1.82) is 0 Å². The smallest absolute Gasteiger partial charge is 0.337 e. The Labute approximate surface area is 392 Å². The van der Waals surface area contributed by atoms with Crippen LogP contribution in [-0.4, -0.2) is 92.4 Å². The summed E-state index contributed by atoms with van der Waals surface area (Å²) in [6.45, 7) is 7.17. The molecule has 0 aliphatic heterocycles. The summed E-state index contributed by atoms with van der Waals surface area (Å²) in [7, 11) is -4.42. The summed E-state index contributed by atoms with van der Waals surface area (Å²) < 4.78 is 29.7. The molecule has 0 spiro atoms. The van der Waals surface area contributed by atoms with Gasteiger partial charge in [-0.2, -0.15) is 0 Å². The number of allylic oxidation sites excluding steroid dienone is 4. The van der Waals surface area contributed by atoms with Crippen LogP contribution in [0.3, 0.4) is 0 Å². The van der Waals surface area contributed by atoms with E-state index in [0.717, 1.165) is 103 Å². The third-order valence-electron chi connectivity index (χ3n) is 11.4. The van der Waals surface area contributed by atoms with E-state index in [4.69, 9.17) is 25.5 Å². The summed E-state index contributed by atoms with van der Waals surface area (Å²) in [5.41, 5.74) is 11.3. The number of amides is 1. The van der Waals surface area contributed by atoms with Gasteiger partial charge >= 0.3 is 19.5 Å². The fourth-order valence-electron chi connectivity index (χ4n) is 7.36. The molecule has 6 N–H and O–H groups in total. The van der Waals surface area contributed by atoms with Crippen molar-refractivity contribution in [2.75, 3.05) is 58.6 Å². The molecule has 1 unspecified atom stereocenters. The second-order valence-corrected chi connectivity index (χ2v) is 19.5. The first-order chi connectivity index (χ1) is 31.2. The van der Waals surface area contributed by atoms with Gasteiger partial charge in [0.05, 0.1) is 6.61 Å². The van der Waals surface area contributed by atoms with Crippen LogP contribution in [0.25, 0.3) is 0 Å². The van der Waals surface area contributed by atoms with Gasteiger partial charge in [0.25, 0.3) is 0 Å². The molecular formula is C51H99N4O8P. The highest BCUT2D eigenvalue weighted by Gasteiger charge is 2.30. The molecule has 0 heterocycles. The van der Waals surface area contributed by atoms with Crippen molar-refractivity contribution in [3.05, 3.63) is 24.3 Å². The van der Waals surface area contributed by atoms with E-state index >= 15 is 0 Å². The van der Waals surface area contributed by atoms with E-state index in [9.17, 15) is 23.8 Å². The van der Waals surface area contributed by atoms with Gasteiger partial charge in [-0.3, -0.25) is 18.9 Å². The number of carbonyl (C=O) groups is 3. The number of nitrogens with zero attached hydrogens (tertiary/aromatic N) is 1. The minimum Gasteiger partial charge on any atom is -0.462 e. The van der Waals surface area contributed by atoms with E-state index in [1.807, 2.05) is 0 Å². The molecule has 0 fully saturated rings. The van der Waals surface area contributed by atoms with Crippen LogP contribution in [0, 0.1) is 0 Å². The number of ether oxygens (including phenoxy) is 2. The van der Waals surface area contributed by atoms with Gasteiger partial charge in [-0.15, -0.1) is 0 Å². The third-order valence-corrected chi connectivity index (χ3v) is 12.6. The van der Waals surface area contributed by atoms with Gasteiger partial charge < -0.3 is 40.6 Å². The number of nitrogens with two attached hydrogens (primary N) is 2. The monoisotopic (exact) mass is 927 g/mol. The molecule has 12 nitrogen and oxygen atoms in total. The van der Waals surface area contributed by atoms with E-state index in [2.05, 4.69) is 43.5 Å². The third kappa shape index (κ3) is 43.8. The van der Waals surface area contributed by atoms with Crippen LogP contribution in [0.2, 0.25) is 0 Å². The Kier molecular flexibility index (Phi) is 45.9. The van der Waals surface area contributed by atoms with Crippen molar-refractivity contribution < 1.29 is 37.8 Å². The van der Waals surface area contributed by atoms with Gasteiger partial charge in [-0.1, -0.05) is 141 Å². The molecule has 0 saturated heterocycles. The maximum atomic E-state index is 13.2. The lowest BCUT2D eigenvalue weighted by Gasteiger charge is -2.24. The fraction of sp³-hybridized carbons (Fsp3) is 0.863. The zero-order valence-electron chi connectivity index (χ0n) is 41.2. The predicted octanol–water partition coefficient (Wildman–Crippen LogP) is 11.6. The van der Waals surface area contributed by atoms with Gasteiger partial charge in [-0.25, -0.2) is 0 Å². The van der Waals surface area contributed by atoms with E-state index in [1.165, 1.54) is 83.5 Å². The maximum absolute atomic E-state index is 13.2. The van der Waals surface area contributed by atoms with Crippen LogP contribution < -0.4 is 16.8 Å². The molecule has 0 radical (unpaired) electrons. The summed E-state index contributed by atoms with van der Waals surface area (Å²) in [6.07, 6.45) is 40.9. The molecule has 0 bridgehead atoms. The van der Waals surface area contributed by atoms with Crippen molar-refractivity contribution in [3.8, 4) is 0 Å². The first-order valence-electron chi connectivity index (χ1n) is 26.2. The first-order valence-corrected chi connectivity index (χ1v) is 27.9. The van der Waals surface area contributed by atoms with Crippen LogP contribution >= 0.6 is 7.60 Å². The van der Waals surface area contributed by atoms with Crippen molar-refractivity contribution in [3.63, 3.8) is 0 Å². The molecule has 0 saturated carbocycles. The number of hydrogen-bond donors (Lipinski definition) is 4. The van der Waals surface area contributed by atoms with Crippen LogP contribution in [0.5, 0.6) is 0 Å². The summed E-state index contributed by atoms with van der Waals surface area (Å²) >= 11 is 0. The molecule has 0 aliphatic rings. The first kappa shape index (κ1) is 61.9. The Hall–Kier alpha value is -2.08. The lowest BCUT2D eigenvalue weighted by atomic mass is 10.1. The zero-order chi connectivity index (χ0) is 47.0. The highest BCUT2D eigenvalue weighted by molar-refractivity contribution is 7.53. The molecule has 2 atom stereocenters. The van der Waals surface area contributed by atoms with Crippen molar-refractivity contribution in [2.45, 2.75) is 225 Å². The Morgan fingerprint density at radius 2 is 1.00 bits per heavy atom. The van der Waals surface area contributed by atoms with Gasteiger partial charge in [-0.05, 0) is 116 Å². The molecule has 0 aliphatic carbocycles. The van der Waals surface area contributed by atoms with Crippen LogP contribution in [-0.2, 0) is 32.9 Å². The molecule has 13 heteroatoms. The number of rotatable bonds is 49. The normalized spacial score (nSPS) is 13.1. The Bertz CT molecular complexity index is 1190. The molecule has 0 aromatic heterocycles. The van der Waals surface area contributed by atoms with Gasteiger partial charge in [0.2, 0.25) is 5.91 Å². The fourth-order valence-corrected chi connectivity index (χ4v) is 8.40. The SMILES string of the molecule is CCCCCCCC/C=C\CCCCCCCC(=O)OC[C@H](COP(=O)(O)CC(=O)N(CCCN)CCCCNCCCN)OC(=O)CCCCCCC/C=C\CCCCCCCC. The highest BCUT2D eigenvalue weighted by Crippen LogP contribution is 2.42. The lowest BCUT2D eigenvalue weighted by Crippen LogP contribution is -2.36. The second kappa shape index (κ2) is 47.4. The minimum atomic E-state index is -4.42. The van der Waals surface area contributed by atoms with E-state index in [-0.39, 0.29) is 19.4 Å². The van der Waals surface area contributed by atoms with Crippen molar-refractivity contribution in [1.82, 2.24) is 10.2 Å². The van der Waals surface area contributed by atoms with Gasteiger partial charge in [0, 0.05) is 25.9 Å². The molecular weight excluding hydrogens is 828 g/mol. The lowest BCUT2D eigenvalue weighted by molar-refractivity contribution is -0.161. The second-order valence-electron chi connectivity index (χ2n) is 17.7. The van der Waals surface area contributed by atoms with Crippen LogP contribution in [0.4, 0.5) is 0 Å². The molecule has 0 rings (SSSR count). The molecule has 0 aromatic rings. The highest BCUT2D eigenvalue weighted by atomic mass is 31.2. The number of unbranched alkanes of at least 4 members (excludes halogenated alkanes) is 23. The average Bonchev–Trinajstić information content (AvgIpc) is 3.27. The summed E-state index contributed by atoms with van der Waals surface area (Å²) in [4.78, 5) is 51.1. The summed E-state index contributed by atoms with van der Waals surface area (Å²) in [5.74, 6) is -1.39. The van der Waals surface area contributed by atoms with Crippen molar-refractivity contribution >= 4 is 25.4 Å². The predicted molar refractivity (Wildman–Crippen MR) is 266 cm³/mol. The molecule has 1 amide bonds. The summed E-state index contributed by atoms with van der Waals surface area (Å²) in [5, 5.41) is 3.32. The largest absolute Gasteiger partial charge is 0.462 e. The number of carbonyl (C=O) groups excluding carboxylic acids is 3. The quantitative estimate of drug-likeness (QED) is 0.0197. The minimum absolute atomic E-state index is 0.186. The van der Waals surface area contributed by atoms with Crippen molar-refractivity contribution in [2.24, 2.45) is 11.5 Å². The van der Waals surface area contributed by atoms with Crippen LogP contribution in [0.15, 0.2) is 24.3 Å². The van der Waals surface area contributed by atoms with E-state index < -0.39 is 44.3 Å². The summed E-state index contributed by atoms with van der Waals surface area (Å²) in [6, 6.07) is 0. The molecule has 376 valence electrons. The molecule has 64 heavy (non-hydrogen) atoms. The van der Waals surface area contributed by atoms with Crippen LogP contribution in [0.1, 0.15) is 219 Å². The average molecular weight is 927 g/mol. The Morgan fingerprint density at radius 3 is 1.50 bits per heavy atom. The Morgan fingerprint density at radius 1 is 0.562 bits per heavy atom. The van der Waals surface area contributed by atoms with E-state index in [1.54, 1.807) is 4.90 Å². The number of nitrogens with one attached hydrogen (secondary N) is 1. The topological polar surface area (TPSA) is 184 Å². The van der Waals surface area contributed by atoms with Gasteiger partial charge in [0.1, 0.15) is 12.8 Å². The standard InChI is InChI=1S/C51H99N4O8P/c1-3-5-7-9-11-13-15-17-19-21-23-25-27-29-31-37-50(57)61-45-48(63-51(58)38-32-30-28-26-24-22-20-18-16-14-12-10-8-6-4-2)46-62-64(59,60)47-49(56)55(44-36-40-53)43-34-33-41-54-42-35-39-52/h17-20,48,54H,3-16,21-47,52-53H2,1-2H3,(H,59,60)/b19-17-,20-18-/t48-/m1/s1. The number of esters is 2. The van der Waals surface area contributed by atoms with Gasteiger partial charge in [0.15, 0.2) is 6.10 Å². The molecule has 0 aromatic carbocycles. The van der Waals surface area contributed by atoms with E-state index in [0.29, 0.717) is 45.4 Å². The maximum Gasteiger partial charge on any atom is 0.337 e. The zero-order valence-corrected chi connectivity index (χ0v) is 42.1.